The molecule has 0 radical (unpaired) electrons. The molecule has 3 heterocycles. The van der Waals surface area contributed by atoms with Crippen LogP contribution >= 0.6 is 11.3 Å². The van der Waals surface area contributed by atoms with Crippen LogP contribution in [0.1, 0.15) is 56.0 Å². The molecule has 8 heteroatoms. The Bertz CT molecular complexity index is 1640. The zero-order valence-corrected chi connectivity index (χ0v) is 27.8. The minimum Gasteiger partial charge on any atom is -0.497 e. The number of carbonyl (C=O) groups excluding carboxylic acids is 1. The fourth-order valence-corrected chi connectivity index (χ4v) is 6.69. The molecule has 0 spiro atoms. The van der Waals surface area contributed by atoms with Crippen molar-refractivity contribution in [2.75, 3.05) is 52.3 Å². The summed E-state index contributed by atoms with van der Waals surface area (Å²) in [7, 11) is 6.23. The molecule has 0 bridgehead atoms. The summed E-state index contributed by atoms with van der Waals surface area (Å²) in [4.78, 5) is 23.5. The second-order valence-electron chi connectivity index (χ2n) is 12.2. The summed E-state index contributed by atoms with van der Waals surface area (Å²) < 4.78 is 12.7. The van der Waals surface area contributed by atoms with E-state index in [1.807, 2.05) is 37.4 Å². The van der Waals surface area contributed by atoms with Gasteiger partial charge in [0, 0.05) is 42.6 Å². The zero-order valence-electron chi connectivity index (χ0n) is 27.0. The number of rotatable bonds is 15. The van der Waals surface area contributed by atoms with E-state index in [-0.39, 0.29) is 5.97 Å². The van der Waals surface area contributed by atoms with Crippen molar-refractivity contribution in [3.05, 3.63) is 83.6 Å². The lowest BCUT2D eigenvalue weighted by molar-refractivity contribution is -0.890. The van der Waals surface area contributed by atoms with Crippen LogP contribution in [-0.2, 0) is 9.53 Å². The number of benzene rings is 2. The van der Waals surface area contributed by atoms with E-state index in [2.05, 4.69) is 72.7 Å². The molecule has 5 rings (SSSR count). The molecule has 0 aliphatic carbocycles. The summed E-state index contributed by atoms with van der Waals surface area (Å²) in [6.07, 6.45) is 14.5. The van der Waals surface area contributed by atoms with Gasteiger partial charge in [-0.15, -0.1) is 11.3 Å². The highest BCUT2D eigenvalue weighted by molar-refractivity contribution is 7.19. The lowest BCUT2D eigenvalue weighted by atomic mass is 9.99. The third kappa shape index (κ3) is 8.80. The highest BCUT2D eigenvalue weighted by Gasteiger charge is 2.19. The Morgan fingerprint density at radius 3 is 2.58 bits per heavy atom. The Hall–Kier alpha value is -4.01. The van der Waals surface area contributed by atoms with Crippen molar-refractivity contribution in [2.24, 2.45) is 0 Å². The standard InChI is InChI=1S/C37H45N4O3S/c1-5-44-36(42)16-13-23-41(2,3)22-12-7-6-11-20-40-21-19-29(32-18-17-31(43-4)26-33(32)40)25-35-39-37-34(45-35)24-30(27-38-37)28-14-9-8-10-15-28/h8-10,14-15,17-19,21,24-27H,5-7,11-13,16,20,22-23H2,1-4H3/q+1. The molecule has 2 aromatic heterocycles. The van der Waals surface area contributed by atoms with Crippen LogP contribution in [0.2, 0.25) is 0 Å². The third-order valence-corrected chi connectivity index (χ3v) is 9.21. The molecule has 45 heavy (non-hydrogen) atoms. The first kappa shape index (κ1) is 32.4. The lowest BCUT2D eigenvalue weighted by Crippen LogP contribution is -2.41. The van der Waals surface area contributed by atoms with Gasteiger partial charge in [0.1, 0.15) is 10.8 Å². The summed E-state index contributed by atoms with van der Waals surface area (Å²) in [5, 5.41) is 0.944. The monoisotopic (exact) mass is 625 g/mol. The molecular weight excluding hydrogens is 580 g/mol. The first-order valence-electron chi connectivity index (χ1n) is 16.0. The molecule has 1 aliphatic heterocycles. The van der Waals surface area contributed by atoms with Gasteiger partial charge in [0.15, 0.2) is 5.65 Å². The van der Waals surface area contributed by atoms with Crippen molar-refractivity contribution in [1.29, 1.82) is 0 Å². The largest absolute Gasteiger partial charge is 0.497 e. The van der Waals surface area contributed by atoms with Gasteiger partial charge in [0.25, 0.3) is 0 Å². The van der Waals surface area contributed by atoms with Crippen molar-refractivity contribution < 1.29 is 18.8 Å². The number of anilines is 1. The quantitative estimate of drug-likeness (QED) is 0.0754. The molecule has 0 amide bonds. The number of allylic oxidation sites excluding steroid dienone is 2. The average Bonchev–Trinajstić information content (AvgIpc) is 3.45. The minimum absolute atomic E-state index is 0.0854. The summed E-state index contributed by atoms with van der Waals surface area (Å²) in [6, 6.07) is 18.8. The van der Waals surface area contributed by atoms with Gasteiger partial charge in [-0.05, 0) is 67.7 Å². The minimum atomic E-state index is -0.0854. The van der Waals surface area contributed by atoms with E-state index in [1.54, 1.807) is 18.4 Å². The molecule has 0 atom stereocenters. The molecule has 0 N–H and O–H groups in total. The van der Waals surface area contributed by atoms with Crippen LogP contribution in [0.5, 0.6) is 5.75 Å². The van der Waals surface area contributed by atoms with Gasteiger partial charge in [-0.2, -0.15) is 0 Å². The zero-order chi connectivity index (χ0) is 31.6. The highest BCUT2D eigenvalue weighted by Crippen LogP contribution is 2.38. The van der Waals surface area contributed by atoms with Gasteiger partial charge >= 0.3 is 5.97 Å². The number of hydrogen-bond acceptors (Lipinski definition) is 7. The smallest absolute Gasteiger partial charge is 0.305 e. The van der Waals surface area contributed by atoms with Crippen LogP contribution in [0.15, 0.2) is 73.1 Å². The normalized spacial score (nSPS) is 13.8. The molecule has 2 aromatic carbocycles. The van der Waals surface area contributed by atoms with Crippen molar-refractivity contribution in [3.63, 3.8) is 0 Å². The van der Waals surface area contributed by atoms with E-state index in [0.717, 1.165) is 80.5 Å². The van der Waals surface area contributed by atoms with Crippen LogP contribution in [-0.4, -0.2) is 67.9 Å². The number of aromatic nitrogens is 2. The number of esters is 1. The van der Waals surface area contributed by atoms with Crippen molar-refractivity contribution in [2.45, 2.75) is 45.4 Å². The van der Waals surface area contributed by atoms with Gasteiger partial charge in [0.05, 0.1) is 57.7 Å². The molecule has 236 valence electrons. The molecule has 0 unspecified atom stereocenters. The summed E-state index contributed by atoms with van der Waals surface area (Å²) in [5.74, 6) is 0.770. The Kier molecular flexibility index (Phi) is 11.0. The summed E-state index contributed by atoms with van der Waals surface area (Å²) >= 11 is 1.67. The lowest BCUT2D eigenvalue weighted by Gasteiger charge is -2.30. The number of carbonyl (C=O) groups is 1. The number of hydrogen-bond donors (Lipinski definition) is 0. The van der Waals surface area contributed by atoms with E-state index in [1.165, 1.54) is 24.8 Å². The second-order valence-corrected chi connectivity index (χ2v) is 13.2. The maximum absolute atomic E-state index is 11.6. The molecule has 4 aromatic rings. The first-order valence-corrected chi connectivity index (χ1v) is 16.8. The number of nitrogens with zero attached hydrogens (tertiary/aromatic N) is 4. The number of methoxy groups -OCH3 is 1. The number of fused-ring (bicyclic) bond motifs is 2. The second kappa shape index (κ2) is 15.3. The van der Waals surface area contributed by atoms with Crippen molar-refractivity contribution in [1.82, 2.24) is 9.97 Å². The molecule has 1 aliphatic rings. The Morgan fingerprint density at radius 1 is 0.978 bits per heavy atom. The molecule has 0 fully saturated rings. The summed E-state index contributed by atoms with van der Waals surface area (Å²) in [5.41, 5.74) is 6.51. The first-order chi connectivity index (χ1) is 21.8. The Labute approximate surface area is 271 Å². The molecular formula is C37H45N4O3S+. The van der Waals surface area contributed by atoms with E-state index in [0.29, 0.717) is 13.0 Å². The summed E-state index contributed by atoms with van der Waals surface area (Å²) in [6.45, 7) is 5.38. The van der Waals surface area contributed by atoms with Crippen LogP contribution in [0, 0.1) is 0 Å². The SMILES string of the molecule is CCOC(=O)CCC[N+](C)(C)CCCCCCN1C=CC(=Cc2nc3ncc(-c4ccccc4)cc3s2)c2ccc(OC)cc21. The van der Waals surface area contributed by atoms with Crippen molar-refractivity contribution >= 4 is 45.0 Å². The highest BCUT2D eigenvalue weighted by atomic mass is 32.1. The van der Waals surface area contributed by atoms with Crippen LogP contribution in [0.4, 0.5) is 5.69 Å². The van der Waals surface area contributed by atoms with Crippen molar-refractivity contribution in [3.8, 4) is 16.9 Å². The van der Waals surface area contributed by atoms with E-state index in [4.69, 9.17) is 14.5 Å². The van der Waals surface area contributed by atoms with E-state index in [9.17, 15) is 4.79 Å². The fraction of sp³-hybridized carbons (Fsp3) is 0.378. The predicted octanol–water partition coefficient (Wildman–Crippen LogP) is 8.22. The molecule has 7 nitrogen and oxygen atoms in total. The average molecular weight is 626 g/mol. The van der Waals surface area contributed by atoms with E-state index >= 15 is 0 Å². The third-order valence-electron chi connectivity index (χ3n) is 8.27. The van der Waals surface area contributed by atoms with Gasteiger partial charge in [-0.3, -0.25) is 4.79 Å². The number of quaternary nitrogens is 1. The number of pyridine rings is 1. The topological polar surface area (TPSA) is 64.5 Å². The van der Waals surface area contributed by atoms with Gasteiger partial charge in [-0.25, -0.2) is 9.97 Å². The van der Waals surface area contributed by atoms with E-state index < -0.39 is 0 Å². The number of thiazole rings is 1. The number of unbranched alkanes of at least 4 members (excludes halogenated alkanes) is 3. The maximum Gasteiger partial charge on any atom is 0.305 e. The van der Waals surface area contributed by atoms with Crippen LogP contribution < -0.4 is 9.64 Å². The van der Waals surface area contributed by atoms with Gasteiger partial charge in [-0.1, -0.05) is 36.8 Å². The Morgan fingerprint density at radius 2 is 1.78 bits per heavy atom. The van der Waals surface area contributed by atoms with Crippen LogP contribution in [0.25, 0.3) is 33.1 Å². The maximum atomic E-state index is 11.6. The van der Waals surface area contributed by atoms with Crippen LogP contribution in [0.3, 0.4) is 0 Å². The van der Waals surface area contributed by atoms with Gasteiger partial charge < -0.3 is 18.9 Å². The molecule has 0 saturated heterocycles. The number of ether oxygens (including phenoxy) is 2. The van der Waals surface area contributed by atoms with Gasteiger partial charge in [0.2, 0.25) is 0 Å². The fourth-order valence-electron chi connectivity index (χ4n) is 5.77. The Balaban J connectivity index is 1.19. The molecule has 0 saturated carbocycles. The predicted molar refractivity (Wildman–Crippen MR) is 186 cm³/mol.